The molecule has 0 unspecified atom stereocenters. The first-order valence-corrected chi connectivity index (χ1v) is 3.23. The van der Waals surface area contributed by atoms with Crippen molar-refractivity contribution in [3.05, 3.63) is 23.2 Å². The second-order valence-corrected chi connectivity index (χ2v) is 2.25. The van der Waals surface area contributed by atoms with Crippen molar-refractivity contribution in [2.45, 2.75) is 0 Å². The summed E-state index contributed by atoms with van der Waals surface area (Å²) in [6.07, 6.45) is 0. The molecule has 1 radical (unpaired) electrons. The van der Waals surface area contributed by atoms with Crippen molar-refractivity contribution in [2.24, 2.45) is 0 Å². The summed E-state index contributed by atoms with van der Waals surface area (Å²) in [6.45, 7) is 0. The molecule has 3 nitrogen and oxygen atoms in total. The van der Waals surface area contributed by atoms with Gasteiger partial charge in [-0.15, -0.1) is 0 Å². The second kappa shape index (κ2) is 3.50. The number of rotatable bonds is 2. The Balaban J connectivity index is 2.93. The average molecular weight is 171 g/mol. The molecular formula is C6H5BClO3. The van der Waals surface area contributed by atoms with Gasteiger partial charge in [0.2, 0.25) is 0 Å². The summed E-state index contributed by atoms with van der Waals surface area (Å²) in [6, 6.07) is 4.19. The molecule has 0 amide bonds. The van der Waals surface area contributed by atoms with Crippen molar-refractivity contribution in [3.63, 3.8) is 0 Å². The lowest BCUT2D eigenvalue weighted by atomic mass is 10.3. The van der Waals surface area contributed by atoms with E-state index in [2.05, 4.69) is 4.65 Å². The Hall–Kier alpha value is -0.865. The molecule has 0 bridgehead atoms. The maximum atomic E-state index is 8.93. The Morgan fingerprint density at radius 3 is 2.82 bits per heavy atom. The number of phenols is 1. The minimum atomic E-state index is 0.0336. The smallest absolute Gasteiger partial charge is 0.536 e. The van der Waals surface area contributed by atoms with E-state index in [1.54, 1.807) is 0 Å². The summed E-state index contributed by atoms with van der Waals surface area (Å²) in [7, 11) is 0.501. The third-order valence-corrected chi connectivity index (χ3v) is 1.41. The summed E-state index contributed by atoms with van der Waals surface area (Å²) >= 11 is 5.61. The van der Waals surface area contributed by atoms with Gasteiger partial charge in [-0.2, -0.15) is 0 Å². The number of halogens is 1. The zero-order valence-corrected chi connectivity index (χ0v) is 6.25. The monoisotopic (exact) mass is 171 g/mol. The fraction of sp³-hybridized carbons (Fsp3) is 0. The highest BCUT2D eigenvalue weighted by Crippen LogP contribution is 2.27. The van der Waals surface area contributed by atoms with Crippen molar-refractivity contribution >= 4 is 19.3 Å². The molecule has 0 fully saturated rings. The highest BCUT2D eigenvalue weighted by atomic mass is 35.5. The van der Waals surface area contributed by atoms with Gasteiger partial charge in [0.1, 0.15) is 11.5 Å². The Morgan fingerprint density at radius 2 is 2.18 bits per heavy atom. The van der Waals surface area contributed by atoms with Crippen molar-refractivity contribution in [1.82, 2.24) is 0 Å². The van der Waals surface area contributed by atoms with E-state index < -0.39 is 0 Å². The lowest BCUT2D eigenvalue weighted by molar-refractivity contribution is 0.444. The molecule has 0 aromatic heterocycles. The van der Waals surface area contributed by atoms with Crippen LogP contribution >= 0.6 is 11.6 Å². The van der Waals surface area contributed by atoms with E-state index in [4.69, 9.17) is 21.7 Å². The standard InChI is InChI=1S/C6H5BClO3/c8-5-2-1-4(9)3-6(5)11-7-10/h1-3,9-10H. The third kappa shape index (κ3) is 2.03. The lowest BCUT2D eigenvalue weighted by Crippen LogP contribution is -1.99. The minimum absolute atomic E-state index is 0.0336. The quantitative estimate of drug-likeness (QED) is 0.652. The van der Waals surface area contributed by atoms with Gasteiger partial charge in [0, 0.05) is 6.07 Å². The van der Waals surface area contributed by atoms with Crippen molar-refractivity contribution in [3.8, 4) is 11.5 Å². The van der Waals surface area contributed by atoms with Crippen LogP contribution in [-0.4, -0.2) is 17.8 Å². The molecule has 57 valence electrons. The van der Waals surface area contributed by atoms with Gasteiger partial charge in [-0.3, -0.25) is 0 Å². The number of aromatic hydroxyl groups is 1. The summed E-state index contributed by atoms with van der Waals surface area (Å²) in [5.74, 6) is 0.250. The molecule has 11 heavy (non-hydrogen) atoms. The molecule has 0 aliphatic carbocycles. The van der Waals surface area contributed by atoms with Crippen LogP contribution in [0.2, 0.25) is 5.02 Å². The van der Waals surface area contributed by atoms with Crippen LogP contribution in [0.5, 0.6) is 11.5 Å². The van der Waals surface area contributed by atoms with Crippen LogP contribution in [0.3, 0.4) is 0 Å². The zero-order chi connectivity index (χ0) is 8.27. The van der Waals surface area contributed by atoms with Crippen molar-refractivity contribution in [2.75, 3.05) is 0 Å². The topological polar surface area (TPSA) is 49.7 Å². The molecule has 0 atom stereocenters. The molecule has 1 rings (SSSR count). The number of hydrogen-bond acceptors (Lipinski definition) is 3. The van der Waals surface area contributed by atoms with Gasteiger partial charge in [0.15, 0.2) is 0 Å². The van der Waals surface area contributed by atoms with E-state index in [-0.39, 0.29) is 11.5 Å². The molecule has 5 heteroatoms. The van der Waals surface area contributed by atoms with E-state index in [1.165, 1.54) is 18.2 Å². The van der Waals surface area contributed by atoms with Gasteiger partial charge in [0.05, 0.1) is 5.02 Å². The van der Waals surface area contributed by atoms with E-state index in [1.807, 2.05) is 0 Å². The third-order valence-electron chi connectivity index (χ3n) is 1.09. The Morgan fingerprint density at radius 1 is 1.45 bits per heavy atom. The van der Waals surface area contributed by atoms with E-state index in [0.717, 1.165) is 0 Å². The van der Waals surface area contributed by atoms with E-state index in [0.29, 0.717) is 12.7 Å². The molecule has 0 saturated carbocycles. The Kier molecular flexibility index (Phi) is 2.62. The first-order valence-electron chi connectivity index (χ1n) is 2.85. The number of benzene rings is 1. The largest absolute Gasteiger partial charge is 0.569 e. The Labute approximate surface area is 69.5 Å². The van der Waals surface area contributed by atoms with Crippen LogP contribution in [0.1, 0.15) is 0 Å². The lowest BCUT2D eigenvalue weighted by Gasteiger charge is -2.03. The fourth-order valence-electron chi connectivity index (χ4n) is 0.639. The minimum Gasteiger partial charge on any atom is -0.536 e. The summed E-state index contributed by atoms with van der Waals surface area (Å²) in [4.78, 5) is 0. The normalized spacial score (nSPS) is 9.27. The van der Waals surface area contributed by atoms with Crippen molar-refractivity contribution < 1.29 is 14.8 Å². The van der Waals surface area contributed by atoms with Gasteiger partial charge in [0.25, 0.3) is 0 Å². The van der Waals surface area contributed by atoms with E-state index in [9.17, 15) is 0 Å². The van der Waals surface area contributed by atoms with Crippen molar-refractivity contribution in [1.29, 1.82) is 0 Å². The highest BCUT2D eigenvalue weighted by Gasteiger charge is 2.01. The predicted octanol–water partition coefficient (Wildman–Crippen LogP) is 0.951. The molecule has 0 spiro atoms. The molecule has 0 heterocycles. The predicted molar refractivity (Wildman–Crippen MR) is 41.7 cm³/mol. The van der Waals surface area contributed by atoms with Crippen LogP contribution < -0.4 is 4.65 Å². The molecule has 1 aromatic carbocycles. The maximum Gasteiger partial charge on any atom is 0.569 e. The maximum absolute atomic E-state index is 8.93. The number of phenolic OH excluding ortho intramolecular Hbond substituents is 1. The molecule has 0 aliphatic rings. The molecule has 2 N–H and O–H groups in total. The summed E-state index contributed by atoms with van der Waals surface area (Å²) in [5, 5.41) is 17.5. The Bertz CT molecular complexity index is 254. The fourth-order valence-corrected chi connectivity index (χ4v) is 0.801. The van der Waals surface area contributed by atoms with Crippen LogP contribution in [-0.2, 0) is 0 Å². The van der Waals surface area contributed by atoms with Gasteiger partial charge in [-0.1, -0.05) is 11.6 Å². The first kappa shape index (κ1) is 8.23. The molecular weight excluding hydrogens is 166 g/mol. The highest BCUT2D eigenvalue weighted by molar-refractivity contribution is 6.32. The van der Waals surface area contributed by atoms with Gasteiger partial charge < -0.3 is 14.8 Å². The van der Waals surface area contributed by atoms with E-state index >= 15 is 0 Å². The summed E-state index contributed by atoms with van der Waals surface area (Å²) < 4.78 is 4.56. The van der Waals surface area contributed by atoms with Crippen LogP contribution in [0.4, 0.5) is 0 Å². The second-order valence-electron chi connectivity index (χ2n) is 1.84. The molecule has 1 aromatic rings. The van der Waals surface area contributed by atoms with Crippen LogP contribution in [0.25, 0.3) is 0 Å². The van der Waals surface area contributed by atoms with Crippen LogP contribution in [0, 0.1) is 0 Å². The summed E-state index contributed by atoms with van der Waals surface area (Å²) in [5.41, 5.74) is 0. The van der Waals surface area contributed by atoms with Gasteiger partial charge >= 0.3 is 7.69 Å². The van der Waals surface area contributed by atoms with Gasteiger partial charge in [-0.05, 0) is 12.1 Å². The molecule has 0 aliphatic heterocycles. The number of hydrogen-bond donors (Lipinski definition) is 2. The molecule has 0 saturated heterocycles. The zero-order valence-electron chi connectivity index (χ0n) is 5.49. The first-order chi connectivity index (χ1) is 5.24. The van der Waals surface area contributed by atoms with Crippen LogP contribution in [0.15, 0.2) is 18.2 Å². The SMILES string of the molecule is O[B]Oc1cc(O)ccc1Cl. The average Bonchev–Trinajstić information content (AvgIpc) is 1.98. The van der Waals surface area contributed by atoms with Gasteiger partial charge in [-0.25, -0.2) is 0 Å².